The molecule has 0 saturated carbocycles. The third-order valence-electron chi connectivity index (χ3n) is 2.34. The number of fused-ring (bicyclic) bond motifs is 1. The fraction of sp³-hybridized carbons (Fsp3) is 0.0909. The van der Waals surface area contributed by atoms with Gasteiger partial charge in [0.2, 0.25) is 5.88 Å². The number of rotatable bonds is 2. The molecule has 3 aromatic heterocycles. The van der Waals surface area contributed by atoms with Crippen molar-refractivity contribution in [3.63, 3.8) is 0 Å². The summed E-state index contributed by atoms with van der Waals surface area (Å²) in [6, 6.07) is 7.75. The van der Waals surface area contributed by atoms with Crippen molar-refractivity contribution in [3.8, 4) is 16.6 Å². The Morgan fingerprint density at radius 2 is 2.12 bits per heavy atom. The number of nitrogens with zero attached hydrogens (tertiary/aromatic N) is 2. The quantitative estimate of drug-likeness (QED) is 0.788. The molecule has 0 spiro atoms. The van der Waals surface area contributed by atoms with E-state index < -0.39 is 0 Å². The van der Waals surface area contributed by atoms with Gasteiger partial charge in [-0.3, -0.25) is 0 Å². The Bertz CT molecular complexity index is 676. The van der Waals surface area contributed by atoms with E-state index in [9.17, 15) is 0 Å². The van der Waals surface area contributed by atoms with E-state index in [1.165, 1.54) is 0 Å². The van der Waals surface area contributed by atoms with Crippen LogP contribution >= 0.6 is 27.3 Å². The Kier molecular flexibility index (Phi) is 2.60. The lowest BCUT2D eigenvalue weighted by molar-refractivity contribution is 0.399. The van der Waals surface area contributed by atoms with Gasteiger partial charge in [-0.2, -0.15) is 4.98 Å². The SMILES string of the molecule is COc1ccc2[nH]c(-c3ccc(Br)s3)nc2n1. The molecule has 0 aliphatic heterocycles. The first kappa shape index (κ1) is 10.7. The highest BCUT2D eigenvalue weighted by Gasteiger charge is 2.09. The molecular weight excluding hydrogens is 302 g/mol. The predicted octanol–water partition coefficient (Wildman–Crippen LogP) is 3.46. The number of hydrogen-bond acceptors (Lipinski definition) is 4. The molecule has 0 unspecified atom stereocenters. The summed E-state index contributed by atoms with van der Waals surface area (Å²) in [5.41, 5.74) is 1.58. The molecule has 1 N–H and O–H groups in total. The maximum absolute atomic E-state index is 5.07. The maximum Gasteiger partial charge on any atom is 0.215 e. The van der Waals surface area contributed by atoms with Crippen molar-refractivity contribution >= 4 is 38.4 Å². The van der Waals surface area contributed by atoms with E-state index in [-0.39, 0.29) is 0 Å². The first-order valence-corrected chi connectivity index (χ1v) is 6.53. The number of thiophene rings is 1. The van der Waals surface area contributed by atoms with Gasteiger partial charge in [0.1, 0.15) is 0 Å². The van der Waals surface area contributed by atoms with Gasteiger partial charge in [-0.25, -0.2) is 4.98 Å². The van der Waals surface area contributed by atoms with Crippen molar-refractivity contribution in [1.29, 1.82) is 0 Å². The monoisotopic (exact) mass is 309 g/mol. The predicted molar refractivity (Wildman–Crippen MR) is 71.5 cm³/mol. The molecule has 0 fully saturated rings. The van der Waals surface area contributed by atoms with Gasteiger partial charge in [0.15, 0.2) is 11.5 Å². The molecule has 6 heteroatoms. The molecule has 0 amide bonds. The van der Waals surface area contributed by atoms with Crippen LogP contribution in [-0.2, 0) is 0 Å². The van der Waals surface area contributed by atoms with E-state index in [2.05, 4.69) is 30.9 Å². The number of ether oxygens (including phenoxy) is 1. The number of imidazole rings is 1. The standard InChI is InChI=1S/C11H8BrN3OS/c1-16-9-5-2-6-10(14-9)15-11(13-6)7-3-4-8(12)17-7/h2-5H,1H3,(H,13,14,15). The number of pyridine rings is 1. The fourth-order valence-electron chi connectivity index (χ4n) is 1.55. The van der Waals surface area contributed by atoms with Gasteiger partial charge in [-0.05, 0) is 34.1 Å². The Morgan fingerprint density at radius 3 is 2.82 bits per heavy atom. The largest absolute Gasteiger partial charge is 0.481 e. The van der Waals surface area contributed by atoms with E-state index in [4.69, 9.17) is 4.74 Å². The average molecular weight is 310 g/mol. The van der Waals surface area contributed by atoms with Crippen molar-refractivity contribution in [2.24, 2.45) is 0 Å². The van der Waals surface area contributed by atoms with Gasteiger partial charge in [-0.15, -0.1) is 11.3 Å². The lowest BCUT2D eigenvalue weighted by Crippen LogP contribution is -1.86. The van der Waals surface area contributed by atoms with E-state index >= 15 is 0 Å². The Labute approximate surface area is 110 Å². The minimum Gasteiger partial charge on any atom is -0.481 e. The molecule has 0 aliphatic carbocycles. The Morgan fingerprint density at radius 1 is 1.24 bits per heavy atom. The number of halogens is 1. The van der Waals surface area contributed by atoms with E-state index in [0.29, 0.717) is 11.5 Å². The first-order valence-electron chi connectivity index (χ1n) is 4.93. The van der Waals surface area contributed by atoms with E-state index in [1.54, 1.807) is 18.4 Å². The molecule has 0 radical (unpaired) electrons. The zero-order valence-electron chi connectivity index (χ0n) is 8.90. The lowest BCUT2D eigenvalue weighted by atomic mass is 10.4. The van der Waals surface area contributed by atoms with Crippen molar-refractivity contribution in [1.82, 2.24) is 15.0 Å². The molecule has 0 aromatic carbocycles. The molecule has 0 bridgehead atoms. The zero-order valence-corrected chi connectivity index (χ0v) is 11.3. The fourth-order valence-corrected chi connectivity index (χ4v) is 2.88. The smallest absolute Gasteiger partial charge is 0.215 e. The summed E-state index contributed by atoms with van der Waals surface area (Å²) in [4.78, 5) is 13.0. The summed E-state index contributed by atoms with van der Waals surface area (Å²) in [5.74, 6) is 1.40. The first-order chi connectivity index (χ1) is 8.26. The number of hydrogen-bond donors (Lipinski definition) is 1. The Hall–Kier alpha value is -1.40. The molecule has 0 aliphatic rings. The molecule has 3 rings (SSSR count). The molecule has 0 atom stereocenters. The van der Waals surface area contributed by atoms with Crippen molar-refractivity contribution < 1.29 is 4.74 Å². The second-order valence-corrected chi connectivity index (χ2v) is 5.88. The van der Waals surface area contributed by atoms with Gasteiger partial charge >= 0.3 is 0 Å². The summed E-state index contributed by atoms with van der Waals surface area (Å²) < 4.78 is 6.15. The molecule has 3 aromatic rings. The van der Waals surface area contributed by atoms with Gasteiger partial charge < -0.3 is 9.72 Å². The van der Waals surface area contributed by atoms with Gasteiger partial charge in [0.25, 0.3) is 0 Å². The third kappa shape index (κ3) is 1.94. The second kappa shape index (κ2) is 4.12. The molecule has 86 valence electrons. The van der Waals surface area contributed by atoms with Crippen LogP contribution in [0.5, 0.6) is 5.88 Å². The molecule has 17 heavy (non-hydrogen) atoms. The van der Waals surface area contributed by atoms with Crippen LogP contribution in [0.4, 0.5) is 0 Å². The van der Waals surface area contributed by atoms with Crippen LogP contribution < -0.4 is 4.74 Å². The summed E-state index contributed by atoms with van der Waals surface area (Å²) in [6.45, 7) is 0. The van der Waals surface area contributed by atoms with Crippen LogP contribution in [0.15, 0.2) is 28.1 Å². The minimum absolute atomic E-state index is 0.572. The maximum atomic E-state index is 5.07. The van der Waals surface area contributed by atoms with Crippen LogP contribution in [0.1, 0.15) is 0 Å². The highest BCUT2D eigenvalue weighted by atomic mass is 79.9. The van der Waals surface area contributed by atoms with E-state index in [0.717, 1.165) is 20.0 Å². The van der Waals surface area contributed by atoms with Gasteiger partial charge in [-0.1, -0.05) is 0 Å². The lowest BCUT2D eigenvalue weighted by Gasteiger charge is -1.95. The highest BCUT2D eigenvalue weighted by Crippen LogP contribution is 2.30. The van der Waals surface area contributed by atoms with E-state index in [1.807, 2.05) is 24.3 Å². The number of aromatic amines is 1. The topological polar surface area (TPSA) is 50.8 Å². The van der Waals surface area contributed by atoms with Crippen molar-refractivity contribution in [2.75, 3.05) is 7.11 Å². The molecule has 0 saturated heterocycles. The van der Waals surface area contributed by atoms with Crippen LogP contribution in [0.3, 0.4) is 0 Å². The van der Waals surface area contributed by atoms with Crippen LogP contribution in [0.2, 0.25) is 0 Å². The summed E-state index contributed by atoms with van der Waals surface area (Å²) in [6.07, 6.45) is 0. The summed E-state index contributed by atoms with van der Waals surface area (Å²) >= 11 is 5.07. The molecular formula is C11H8BrN3OS. The number of aromatic nitrogens is 3. The van der Waals surface area contributed by atoms with Crippen LogP contribution in [0, 0.1) is 0 Å². The summed E-state index contributed by atoms with van der Waals surface area (Å²) in [5, 5.41) is 0. The zero-order chi connectivity index (χ0) is 11.8. The second-order valence-electron chi connectivity index (χ2n) is 3.41. The molecule has 3 heterocycles. The van der Waals surface area contributed by atoms with Crippen molar-refractivity contribution in [2.45, 2.75) is 0 Å². The number of H-pyrrole nitrogens is 1. The number of methoxy groups -OCH3 is 1. The summed E-state index contributed by atoms with van der Waals surface area (Å²) in [7, 11) is 1.60. The van der Waals surface area contributed by atoms with Gasteiger partial charge in [0.05, 0.1) is 21.3 Å². The van der Waals surface area contributed by atoms with Crippen molar-refractivity contribution in [3.05, 3.63) is 28.1 Å². The number of nitrogens with one attached hydrogen (secondary N) is 1. The van der Waals surface area contributed by atoms with Crippen LogP contribution in [0.25, 0.3) is 21.9 Å². The molecule has 4 nitrogen and oxygen atoms in total. The Balaban J connectivity index is 2.13. The minimum atomic E-state index is 0.572. The van der Waals surface area contributed by atoms with Crippen LogP contribution in [-0.4, -0.2) is 22.1 Å². The average Bonchev–Trinajstić information content (AvgIpc) is 2.93. The normalized spacial score (nSPS) is 10.9. The highest BCUT2D eigenvalue weighted by molar-refractivity contribution is 9.11. The third-order valence-corrected chi connectivity index (χ3v) is 3.97. The van der Waals surface area contributed by atoms with Gasteiger partial charge in [0, 0.05) is 6.07 Å².